The SMILES string of the molecule is CCC(CO)(COCOC)NC(=O)OC(C)(C)C. The second kappa shape index (κ2) is 7.56. The van der Waals surface area contributed by atoms with Crippen LogP contribution >= 0.6 is 0 Å². The number of hydrogen-bond donors (Lipinski definition) is 2. The van der Waals surface area contributed by atoms with E-state index in [1.165, 1.54) is 7.11 Å². The van der Waals surface area contributed by atoms with Crippen LogP contribution in [0.2, 0.25) is 0 Å². The van der Waals surface area contributed by atoms with E-state index in [2.05, 4.69) is 5.32 Å². The highest BCUT2D eigenvalue weighted by Crippen LogP contribution is 2.13. The van der Waals surface area contributed by atoms with Gasteiger partial charge in [0.15, 0.2) is 0 Å². The molecule has 0 radical (unpaired) electrons. The molecule has 0 saturated carbocycles. The van der Waals surface area contributed by atoms with Crippen molar-refractivity contribution >= 4 is 6.09 Å². The minimum absolute atomic E-state index is 0.109. The first kappa shape index (κ1) is 17.2. The average molecular weight is 263 g/mol. The molecule has 0 saturated heterocycles. The van der Waals surface area contributed by atoms with Crippen LogP contribution in [0.4, 0.5) is 4.79 Å². The lowest BCUT2D eigenvalue weighted by Gasteiger charge is -2.32. The number of ether oxygens (including phenoxy) is 3. The second-order valence-electron chi connectivity index (χ2n) is 5.17. The van der Waals surface area contributed by atoms with Crippen LogP contribution in [0.25, 0.3) is 0 Å². The van der Waals surface area contributed by atoms with Crippen molar-refractivity contribution in [3.8, 4) is 0 Å². The Balaban J connectivity index is 4.45. The number of amides is 1. The maximum Gasteiger partial charge on any atom is 0.408 e. The van der Waals surface area contributed by atoms with Crippen molar-refractivity contribution in [3.05, 3.63) is 0 Å². The van der Waals surface area contributed by atoms with Crippen LogP contribution in [-0.4, -0.2) is 49.5 Å². The van der Waals surface area contributed by atoms with Crippen LogP contribution in [-0.2, 0) is 14.2 Å². The molecule has 0 rings (SSSR count). The van der Waals surface area contributed by atoms with Crippen molar-refractivity contribution in [2.75, 3.05) is 27.1 Å². The van der Waals surface area contributed by atoms with Crippen molar-refractivity contribution in [1.82, 2.24) is 5.32 Å². The minimum atomic E-state index is -0.846. The molecule has 0 spiro atoms. The number of carbonyl (C=O) groups is 1. The van der Waals surface area contributed by atoms with Gasteiger partial charge in [-0.05, 0) is 27.2 Å². The molecule has 0 aliphatic rings. The molecule has 1 atom stereocenters. The lowest BCUT2D eigenvalue weighted by molar-refractivity contribution is -0.0637. The number of hydrogen-bond acceptors (Lipinski definition) is 5. The largest absolute Gasteiger partial charge is 0.444 e. The van der Waals surface area contributed by atoms with Gasteiger partial charge in [0.05, 0.1) is 18.8 Å². The molecule has 18 heavy (non-hydrogen) atoms. The van der Waals surface area contributed by atoms with E-state index in [-0.39, 0.29) is 20.0 Å². The van der Waals surface area contributed by atoms with E-state index in [9.17, 15) is 9.90 Å². The first-order chi connectivity index (χ1) is 8.28. The summed E-state index contributed by atoms with van der Waals surface area (Å²) in [6.45, 7) is 7.22. The second-order valence-corrected chi connectivity index (χ2v) is 5.17. The molecule has 2 N–H and O–H groups in total. The average Bonchev–Trinajstić information content (AvgIpc) is 2.25. The first-order valence-electron chi connectivity index (χ1n) is 5.97. The Morgan fingerprint density at radius 1 is 1.33 bits per heavy atom. The maximum atomic E-state index is 11.7. The lowest BCUT2D eigenvalue weighted by atomic mass is 9.99. The summed E-state index contributed by atoms with van der Waals surface area (Å²) in [6.07, 6.45) is -0.0497. The summed E-state index contributed by atoms with van der Waals surface area (Å²) in [4.78, 5) is 11.7. The van der Waals surface area contributed by atoms with Gasteiger partial charge in [-0.2, -0.15) is 0 Å². The van der Waals surface area contributed by atoms with E-state index < -0.39 is 17.2 Å². The number of rotatable bonds is 7. The highest BCUT2D eigenvalue weighted by Gasteiger charge is 2.31. The van der Waals surface area contributed by atoms with E-state index in [4.69, 9.17) is 14.2 Å². The molecule has 0 aromatic carbocycles. The summed E-state index contributed by atoms with van der Waals surface area (Å²) in [7, 11) is 1.51. The molecular weight excluding hydrogens is 238 g/mol. The fourth-order valence-electron chi connectivity index (χ4n) is 1.26. The third-order valence-corrected chi connectivity index (χ3v) is 2.33. The predicted octanol–water partition coefficient (Wildman–Crippen LogP) is 1.27. The Morgan fingerprint density at radius 2 is 1.94 bits per heavy atom. The van der Waals surface area contributed by atoms with Gasteiger partial charge in [0, 0.05) is 7.11 Å². The first-order valence-corrected chi connectivity index (χ1v) is 5.97. The fraction of sp³-hybridized carbons (Fsp3) is 0.917. The third kappa shape index (κ3) is 6.78. The van der Waals surface area contributed by atoms with Gasteiger partial charge in [-0.1, -0.05) is 6.92 Å². The quantitative estimate of drug-likeness (QED) is 0.534. The highest BCUT2D eigenvalue weighted by molar-refractivity contribution is 5.68. The van der Waals surface area contributed by atoms with Crippen LogP contribution in [0, 0.1) is 0 Å². The summed E-state index contributed by atoms with van der Waals surface area (Å²) in [6, 6.07) is 0. The molecule has 0 aromatic rings. The van der Waals surface area contributed by atoms with E-state index in [1.54, 1.807) is 20.8 Å². The summed E-state index contributed by atoms with van der Waals surface area (Å²) < 4.78 is 15.1. The minimum Gasteiger partial charge on any atom is -0.444 e. The third-order valence-electron chi connectivity index (χ3n) is 2.33. The molecule has 0 heterocycles. The smallest absolute Gasteiger partial charge is 0.408 e. The van der Waals surface area contributed by atoms with Gasteiger partial charge in [-0.3, -0.25) is 0 Å². The van der Waals surface area contributed by atoms with Crippen LogP contribution in [0.15, 0.2) is 0 Å². The molecule has 108 valence electrons. The Kier molecular flexibility index (Phi) is 7.20. The van der Waals surface area contributed by atoms with E-state index >= 15 is 0 Å². The summed E-state index contributed by atoms with van der Waals surface area (Å²) in [5.74, 6) is 0. The molecule has 1 unspecified atom stereocenters. The van der Waals surface area contributed by atoms with E-state index in [0.717, 1.165) is 0 Å². The van der Waals surface area contributed by atoms with Gasteiger partial charge >= 0.3 is 6.09 Å². The van der Waals surface area contributed by atoms with Crippen LogP contribution in [0.1, 0.15) is 34.1 Å². The number of aliphatic hydroxyl groups is 1. The molecule has 0 aliphatic carbocycles. The Hall–Kier alpha value is -0.850. The standard InChI is InChI=1S/C12H25NO5/c1-6-12(7-14,8-17-9-16-5)13-10(15)18-11(2,3)4/h14H,6-9H2,1-5H3,(H,13,15). The lowest BCUT2D eigenvalue weighted by Crippen LogP contribution is -2.55. The van der Waals surface area contributed by atoms with Gasteiger partial charge in [0.25, 0.3) is 0 Å². The topological polar surface area (TPSA) is 77.0 Å². The van der Waals surface area contributed by atoms with Gasteiger partial charge < -0.3 is 24.6 Å². The van der Waals surface area contributed by atoms with E-state index in [1.807, 2.05) is 6.92 Å². The Bertz CT molecular complexity index is 245. The van der Waals surface area contributed by atoms with Gasteiger partial charge in [0.1, 0.15) is 12.4 Å². The van der Waals surface area contributed by atoms with Gasteiger partial charge in [0.2, 0.25) is 0 Å². The molecule has 6 heteroatoms. The summed E-state index contributed by atoms with van der Waals surface area (Å²) in [5, 5.41) is 12.1. The summed E-state index contributed by atoms with van der Waals surface area (Å²) in [5.41, 5.74) is -1.42. The fourth-order valence-corrected chi connectivity index (χ4v) is 1.26. The maximum absolute atomic E-state index is 11.7. The monoisotopic (exact) mass is 263 g/mol. The molecule has 0 aliphatic heterocycles. The number of nitrogens with one attached hydrogen (secondary N) is 1. The number of alkyl carbamates (subject to hydrolysis) is 1. The predicted molar refractivity (Wildman–Crippen MR) is 67.3 cm³/mol. The van der Waals surface area contributed by atoms with Crippen LogP contribution in [0.3, 0.4) is 0 Å². The van der Waals surface area contributed by atoms with Crippen LogP contribution in [0.5, 0.6) is 0 Å². The molecule has 6 nitrogen and oxygen atoms in total. The van der Waals surface area contributed by atoms with Crippen molar-refractivity contribution < 1.29 is 24.1 Å². The zero-order chi connectivity index (χ0) is 14.2. The number of aliphatic hydroxyl groups excluding tert-OH is 1. The summed E-state index contributed by atoms with van der Waals surface area (Å²) >= 11 is 0. The van der Waals surface area contributed by atoms with Crippen LogP contribution < -0.4 is 5.32 Å². The zero-order valence-electron chi connectivity index (χ0n) is 11.9. The molecular formula is C12H25NO5. The normalized spacial score (nSPS) is 15.0. The number of carbonyl (C=O) groups excluding carboxylic acids is 1. The van der Waals surface area contributed by atoms with E-state index in [0.29, 0.717) is 6.42 Å². The van der Waals surface area contributed by atoms with Crippen molar-refractivity contribution in [1.29, 1.82) is 0 Å². The Labute approximate surface area is 109 Å². The van der Waals surface area contributed by atoms with Crippen molar-refractivity contribution in [2.24, 2.45) is 0 Å². The molecule has 0 fully saturated rings. The van der Waals surface area contributed by atoms with Gasteiger partial charge in [-0.25, -0.2) is 4.79 Å². The number of methoxy groups -OCH3 is 1. The molecule has 0 bridgehead atoms. The zero-order valence-corrected chi connectivity index (χ0v) is 11.9. The Morgan fingerprint density at radius 3 is 2.33 bits per heavy atom. The van der Waals surface area contributed by atoms with Crippen molar-refractivity contribution in [3.63, 3.8) is 0 Å². The molecule has 1 amide bonds. The molecule has 0 aromatic heterocycles. The highest BCUT2D eigenvalue weighted by atomic mass is 16.7. The van der Waals surface area contributed by atoms with Crippen molar-refractivity contribution in [2.45, 2.75) is 45.3 Å². The van der Waals surface area contributed by atoms with Gasteiger partial charge in [-0.15, -0.1) is 0 Å².